The van der Waals surface area contributed by atoms with Crippen LogP contribution in [0.1, 0.15) is 12.2 Å². The number of furan rings is 1. The van der Waals surface area contributed by atoms with Crippen LogP contribution < -0.4 is 5.56 Å². The summed E-state index contributed by atoms with van der Waals surface area (Å²) in [5.41, 5.74) is 0.317. The Bertz CT molecular complexity index is 674. The molecule has 0 aliphatic heterocycles. The molecule has 0 bridgehead atoms. The summed E-state index contributed by atoms with van der Waals surface area (Å²) in [5, 5.41) is 8.48. The van der Waals surface area contributed by atoms with E-state index in [1.807, 2.05) is 13.0 Å². The molecule has 112 valence electrons. The monoisotopic (exact) mass is 292 g/mol. The van der Waals surface area contributed by atoms with Crippen molar-refractivity contribution in [1.82, 2.24) is 9.55 Å². The summed E-state index contributed by atoms with van der Waals surface area (Å²) in [6.45, 7) is 2.54. The van der Waals surface area contributed by atoms with Crippen molar-refractivity contribution < 1.29 is 19.1 Å². The third kappa shape index (κ3) is 4.28. The van der Waals surface area contributed by atoms with E-state index in [2.05, 4.69) is 4.98 Å². The minimum Gasteiger partial charge on any atom is -0.481 e. The average molecular weight is 292 g/mol. The maximum atomic E-state index is 11.7. The van der Waals surface area contributed by atoms with E-state index in [4.69, 9.17) is 14.3 Å². The van der Waals surface area contributed by atoms with Crippen LogP contribution in [0.5, 0.6) is 0 Å². The van der Waals surface area contributed by atoms with E-state index in [0.717, 1.165) is 5.76 Å². The molecular formula is C14H16N2O5. The predicted molar refractivity (Wildman–Crippen MR) is 74.0 cm³/mol. The van der Waals surface area contributed by atoms with Gasteiger partial charge in [0.25, 0.3) is 5.56 Å². The number of hydrogen-bond donors (Lipinski definition) is 1. The summed E-state index contributed by atoms with van der Waals surface area (Å²) < 4.78 is 12.1. The molecule has 2 aromatic heterocycles. The van der Waals surface area contributed by atoms with Gasteiger partial charge in [-0.2, -0.15) is 0 Å². The first-order valence-electron chi connectivity index (χ1n) is 6.49. The van der Waals surface area contributed by atoms with Crippen molar-refractivity contribution in [2.75, 3.05) is 13.2 Å². The van der Waals surface area contributed by atoms with Crippen LogP contribution in [-0.4, -0.2) is 33.8 Å². The minimum atomic E-state index is -0.911. The molecule has 21 heavy (non-hydrogen) atoms. The van der Waals surface area contributed by atoms with Crippen LogP contribution >= 0.6 is 0 Å². The number of nitrogens with zero attached hydrogens (tertiary/aromatic N) is 2. The van der Waals surface area contributed by atoms with Gasteiger partial charge in [-0.1, -0.05) is 0 Å². The zero-order valence-corrected chi connectivity index (χ0v) is 11.6. The molecule has 0 aliphatic carbocycles. The average Bonchev–Trinajstić information content (AvgIpc) is 2.86. The van der Waals surface area contributed by atoms with Crippen LogP contribution in [0.4, 0.5) is 0 Å². The Labute approximate surface area is 120 Å². The highest BCUT2D eigenvalue weighted by Crippen LogP contribution is 2.18. The number of hydrogen-bond acceptors (Lipinski definition) is 5. The summed E-state index contributed by atoms with van der Waals surface area (Å²) in [4.78, 5) is 26.1. The highest BCUT2D eigenvalue weighted by molar-refractivity contribution is 5.66. The van der Waals surface area contributed by atoms with Gasteiger partial charge in [-0.05, 0) is 19.1 Å². The van der Waals surface area contributed by atoms with Crippen LogP contribution in [0.15, 0.2) is 33.7 Å². The quantitative estimate of drug-likeness (QED) is 0.773. The fourth-order valence-corrected chi connectivity index (χ4v) is 1.74. The summed E-state index contributed by atoms with van der Waals surface area (Å²) in [5.74, 6) is 0.446. The second-order valence-electron chi connectivity index (χ2n) is 4.47. The van der Waals surface area contributed by atoms with Gasteiger partial charge in [-0.3, -0.25) is 9.59 Å². The van der Waals surface area contributed by atoms with Gasteiger partial charge < -0.3 is 18.8 Å². The minimum absolute atomic E-state index is 0.0534. The lowest BCUT2D eigenvalue weighted by Gasteiger charge is -2.07. The molecule has 7 nitrogen and oxygen atoms in total. The lowest BCUT2D eigenvalue weighted by Crippen LogP contribution is -2.22. The summed E-state index contributed by atoms with van der Waals surface area (Å²) in [6.07, 6.45) is 2.77. The Kier molecular flexibility index (Phi) is 4.89. The van der Waals surface area contributed by atoms with Gasteiger partial charge in [-0.25, -0.2) is 4.98 Å². The van der Waals surface area contributed by atoms with E-state index < -0.39 is 5.97 Å². The fraction of sp³-hybridized carbons (Fsp3) is 0.357. The Morgan fingerprint density at radius 1 is 1.43 bits per heavy atom. The van der Waals surface area contributed by atoms with Gasteiger partial charge in [-0.15, -0.1) is 0 Å². The van der Waals surface area contributed by atoms with Crippen molar-refractivity contribution in [3.63, 3.8) is 0 Å². The fourth-order valence-electron chi connectivity index (χ4n) is 1.74. The van der Waals surface area contributed by atoms with Gasteiger partial charge >= 0.3 is 5.97 Å². The number of carboxylic acid groups (broad SMARTS) is 1. The number of carbonyl (C=O) groups is 1. The molecule has 0 spiro atoms. The summed E-state index contributed by atoms with van der Waals surface area (Å²) in [6, 6.07) is 3.61. The number of aromatic nitrogens is 2. The lowest BCUT2D eigenvalue weighted by molar-refractivity contribution is -0.138. The lowest BCUT2D eigenvalue weighted by atomic mass is 10.3. The molecule has 0 unspecified atom stereocenters. The van der Waals surface area contributed by atoms with E-state index in [1.165, 1.54) is 10.8 Å². The smallest absolute Gasteiger partial charge is 0.305 e. The van der Waals surface area contributed by atoms with Crippen molar-refractivity contribution in [2.24, 2.45) is 0 Å². The van der Waals surface area contributed by atoms with Crippen LogP contribution in [0.3, 0.4) is 0 Å². The Hall–Kier alpha value is -2.41. The molecule has 2 aromatic rings. The molecular weight excluding hydrogens is 276 g/mol. The molecule has 0 aromatic carbocycles. The first-order chi connectivity index (χ1) is 10.1. The van der Waals surface area contributed by atoms with Crippen LogP contribution in [0.25, 0.3) is 11.5 Å². The first kappa shape index (κ1) is 15.0. The maximum Gasteiger partial charge on any atom is 0.305 e. The first-order valence-corrected chi connectivity index (χ1v) is 6.49. The normalized spacial score (nSPS) is 10.7. The SMILES string of the molecule is Cc1ccc(-c2cn(CCOCCC(=O)O)c(=O)cn2)o1. The molecule has 0 saturated heterocycles. The topological polar surface area (TPSA) is 94.6 Å². The summed E-state index contributed by atoms with van der Waals surface area (Å²) >= 11 is 0. The molecule has 0 atom stereocenters. The van der Waals surface area contributed by atoms with Gasteiger partial charge in [0, 0.05) is 12.7 Å². The molecule has 0 aliphatic rings. The molecule has 0 fully saturated rings. The van der Waals surface area contributed by atoms with Crippen molar-refractivity contribution >= 4 is 5.97 Å². The van der Waals surface area contributed by atoms with Crippen LogP contribution in [-0.2, 0) is 16.1 Å². The van der Waals surface area contributed by atoms with Gasteiger partial charge in [0.1, 0.15) is 11.5 Å². The molecule has 2 rings (SSSR count). The van der Waals surface area contributed by atoms with E-state index >= 15 is 0 Å². The highest BCUT2D eigenvalue weighted by atomic mass is 16.5. The van der Waals surface area contributed by atoms with E-state index in [0.29, 0.717) is 18.0 Å². The van der Waals surface area contributed by atoms with Crippen molar-refractivity contribution in [3.05, 3.63) is 40.6 Å². The largest absolute Gasteiger partial charge is 0.481 e. The van der Waals surface area contributed by atoms with E-state index in [-0.39, 0.29) is 25.2 Å². The second kappa shape index (κ2) is 6.85. The van der Waals surface area contributed by atoms with Crippen LogP contribution in [0, 0.1) is 6.92 Å². The number of aryl methyl sites for hydroxylation is 1. The van der Waals surface area contributed by atoms with Crippen molar-refractivity contribution in [2.45, 2.75) is 19.9 Å². The highest BCUT2D eigenvalue weighted by Gasteiger charge is 2.07. The third-order valence-corrected chi connectivity index (χ3v) is 2.80. The molecule has 0 amide bonds. The predicted octanol–water partition coefficient (Wildman–Crippen LogP) is 1.30. The van der Waals surface area contributed by atoms with Crippen molar-refractivity contribution in [3.8, 4) is 11.5 Å². The zero-order valence-electron chi connectivity index (χ0n) is 11.6. The van der Waals surface area contributed by atoms with Gasteiger partial charge in [0.2, 0.25) is 0 Å². The van der Waals surface area contributed by atoms with Gasteiger partial charge in [0.05, 0.1) is 25.8 Å². The Morgan fingerprint density at radius 3 is 2.90 bits per heavy atom. The number of rotatable bonds is 7. The number of ether oxygens (including phenoxy) is 1. The Balaban J connectivity index is 1.99. The molecule has 0 radical (unpaired) electrons. The van der Waals surface area contributed by atoms with Crippen LogP contribution in [0.2, 0.25) is 0 Å². The number of carboxylic acids is 1. The maximum absolute atomic E-state index is 11.7. The van der Waals surface area contributed by atoms with Gasteiger partial charge in [0.15, 0.2) is 5.76 Å². The standard InChI is InChI=1S/C14H16N2O5/c1-10-2-3-12(21-10)11-9-16(13(17)8-15-11)5-7-20-6-4-14(18)19/h2-3,8-9H,4-7H2,1H3,(H,18,19). The molecule has 0 saturated carbocycles. The van der Waals surface area contributed by atoms with E-state index in [1.54, 1.807) is 12.3 Å². The zero-order chi connectivity index (χ0) is 15.2. The molecule has 2 heterocycles. The Morgan fingerprint density at radius 2 is 2.24 bits per heavy atom. The molecule has 1 N–H and O–H groups in total. The molecule has 7 heteroatoms. The second-order valence-corrected chi connectivity index (χ2v) is 4.47. The summed E-state index contributed by atoms with van der Waals surface area (Å²) in [7, 11) is 0. The third-order valence-electron chi connectivity index (χ3n) is 2.80. The number of aliphatic carboxylic acids is 1. The van der Waals surface area contributed by atoms with E-state index in [9.17, 15) is 9.59 Å². The van der Waals surface area contributed by atoms with Crippen molar-refractivity contribution in [1.29, 1.82) is 0 Å².